The summed E-state index contributed by atoms with van der Waals surface area (Å²) >= 11 is 1.02. The maximum atomic E-state index is 15.0. The highest BCUT2D eigenvalue weighted by Gasteiger charge is 2.72. The molecule has 2 aromatic rings. The second-order valence-corrected chi connectivity index (χ2v) is 10.7. The molecule has 12 heteroatoms. The van der Waals surface area contributed by atoms with E-state index >= 15 is 4.39 Å². The van der Waals surface area contributed by atoms with Crippen molar-refractivity contribution in [2.45, 2.75) is 36.0 Å². The van der Waals surface area contributed by atoms with Crippen molar-refractivity contribution in [3.05, 3.63) is 58.9 Å². The van der Waals surface area contributed by atoms with E-state index in [0.717, 1.165) is 28.9 Å². The normalized spacial score (nSPS) is 28.8. The molecule has 7 nitrogen and oxygen atoms in total. The Morgan fingerprint density at radius 3 is 2.75 bits per heavy atom. The molecule has 1 saturated heterocycles. The number of rotatable bonds is 4. The third kappa shape index (κ3) is 4.01. The van der Waals surface area contributed by atoms with E-state index in [-0.39, 0.29) is 40.5 Å². The van der Waals surface area contributed by atoms with Gasteiger partial charge >= 0.3 is 0 Å². The van der Waals surface area contributed by atoms with Crippen molar-refractivity contribution in [1.82, 2.24) is 14.9 Å². The molecular formula is C24H20F4N6OS. The minimum absolute atomic E-state index is 0.0170. The monoisotopic (exact) mass is 516 g/mol. The zero-order chi connectivity index (χ0) is 25.9. The summed E-state index contributed by atoms with van der Waals surface area (Å²) in [7, 11) is 0. The van der Waals surface area contributed by atoms with Crippen molar-refractivity contribution in [1.29, 1.82) is 5.26 Å². The third-order valence-corrected chi connectivity index (χ3v) is 8.16. The number of nitriles is 1. The maximum Gasteiger partial charge on any atom is 0.267 e. The number of thioether (sulfide) groups is 1. The minimum Gasteiger partial charge on any atom is -0.378 e. The standard InChI is InChI=1S/C24H20F4N6OS/c1-22(18-8-24(18,36-21(30)33-22)20(35)34-5-4-23(27,28)12-34)15-6-14(11-32-19(15)26)7-16(25)17-3-2-13(9-29)10-31-17/h2-3,6-7,10-11,18H,4-5,8,12H2,1H3,(H2,30,33)/b16-7-/t18-,22+,24-/m0/s1. The number of amidine groups is 1. The minimum atomic E-state index is -2.94. The number of likely N-dealkylation sites (tertiary alicyclic amines) is 1. The van der Waals surface area contributed by atoms with Crippen LogP contribution < -0.4 is 5.73 Å². The van der Waals surface area contributed by atoms with Gasteiger partial charge in [-0.15, -0.1) is 0 Å². The molecule has 0 spiro atoms. The van der Waals surface area contributed by atoms with Crippen molar-refractivity contribution >= 4 is 34.7 Å². The van der Waals surface area contributed by atoms with Gasteiger partial charge in [0.25, 0.3) is 5.92 Å². The van der Waals surface area contributed by atoms with Crippen LogP contribution in [0.25, 0.3) is 11.9 Å². The SMILES string of the molecule is C[C@]1(c2cc(/C=C(\F)c3ccc(C#N)cn3)cnc2F)N=C(N)S[C@@]2(C(=O)N3CCC(F)(F)C3)C[C@H]21. The first kappa shape index (κ1) is 24.2. The summed E-state index contributed by atoms with van der Waals surface area (Å²) in [6.07, 6.45) is 3.37. The molecule has 3 aliphatic rings. The quantitative estimate of drug-likeness (QED) is 0.489. The van der Waals surface area contributed by atoms with Gasteiger partial charge in [0.1, 0.15) is 16.6 Å². The molecule has 1 aliphatic carbocycles. The van der Waals surface area contributed by atoms with Crippen LogP contribution in [0.4, 0.5) is 17.6 Å². The van der Waals surface area contributed by atoms with E-state index in [1.807, 2.05) is 6.07 Å². The summed E-state index contributed by atoms with van der Waals surface area (Å²) < 4.78 is 56.2. The molecule has 5 rings (SSSR count). The Balaban J connectivity index is 1.47. The van der Waals surface area contributed by atoms with Crippen LogP contribution in [0.15, 0.2) is 35.6 Å². The highest BCUT2D eigenvalue weighted by atomic mass is 32.2. The molecule has 3 atom stereocenters. The van der Waals surface area contributed by atoms with E-state index in [0.29, 0.717) is 0 Å². The number of fused-ring (bicyclic) bond motifs is 1. The number of alkyl halides is 2. The average molecular weight is 517 g/mol. The Labute approximate surface area is 208 Å². The number of nitrogens with two attached hydrogens (primary N) is 1. The van der Waals surface area contributed by atoms with Crippen molar-refractivity contribution < 1.29 is 22.4 Å². The molecule has 2 aliphatic heterocycles. The lowest BCUT2D eigenvalue weighted by Gasteiger charge is -2.34. The summed E-state index contributed by atoms with van der Waals surface area (Å²) in [6, 6.07) is 6.05. The van der Waals surface area contributed by atoms with Crippen LogP contribution in [-0.2, 0) is 10.3 Å². The molecule has 0 radical (unpaired) electrons. The van der Waals surface area contributed by atoms with E-state index in [1.54, 1.807) is 6.92 Å². The second-order valence-electron chi connectivity index (χ2n) is 9.32. The Morgan fingerprint density at radius 2 is 2.11 bits per heavy atom. The van der Waals surface area contributed by atoms with Gasteiger partial charge in [0.2, 0.25) is 11.9 Å². The number of aromatic nitrogens is 2. The number of aliphatic imine (C=N–C) groups is 1. The number of carbonyl (C=O) groups is 1. The number of hydrogen-bond donors (Lipinski definition) is 1. The van der Waals surface area contributed by atoms with E-state index in [4.69, 9.17) is 11.0 Å². The lowest BCUT2D eigenvalue weighted by molar-refractivity contribution is -0.132. The molecule has 1 amide bonds. The largest absolute Gasteiger partial charge is 0.378 e. The molecule has 0 aromatic carbocycles. The van der Waals surface area contributed by atoms with Gasteiger partial charge in [-0.1, -0.05) is 11.8 Å². The van der Waals surface area contributed by atoms with Crippen LogP contribution in [0.3, 0.4) is 0 Å². The van der Waals surface area contributed by atoms with Gasteiger partial charge in [0.05, 0.1) is 23.3 Å². The van der Waals surface area contributed by atoms with E-state index in [2.05, 4.69) is 15.0 Å². The van der Waals surface area contributed by atoms with Crippen LogP contribution in [0.5, 0.6) is 0 Å². The zero-order valence-corrected chi connectivity index (χ0v) is 19.8. The first-order valence-corrected chi connectivity index (χ1v) is 11.9. The number of nitrogens with zero attached hydrogens (tertiary/aromatic N) is 5. The highest BCUT2D eigenvalue weighted by molar-refractivity contribution is 8.15. The lowest BCUT2D eigenvalue weighted by Crippen LogP contribution is -2.46. The predicted molar refractivity (Wildman–Crippen MR) is 126 cm³/mol. The van der Waals surface area contributed by atoms with Gasteiger partial charge < -0.3 is 10.6 Å². The molecule has 4 heterocycles. The van der Waals surface area contributed by atoms with Crippen molar-refractivity contribution in [2.24, 2.45) is 16.6 Å². The molecule has 2 N–H and O–H groups in total. The predicted octanol–water partition coefficient (Wildman–Crippen LogP) is 3.86. The molecule has 0 unspecified atom stereocenters. The summed E-state index contributed by atoms with van der Waals surface area (Å²) in [5.41, 5.74) is 5.25. The number of halogens is 4. The second kappa shape index (κ2) is 8.30. The third-order valence-electron chi connectivity index (χ3n) is 6.87. The van der Waals surface area contributed by atoms with E-state index in [9.17, 15) is 18.0 Å². The molecule has 2 aromatic heterocycles. The van der Waals surface area contributed by atoms with Gasteiger partial charge in [-0.3, -0.25) is 14.8 Å². The zero-order valence-electron chi connectivity index (χ0n) is 19.0. The number of pyridine rings is 2. The van der Waals surface area contributed by atoms with Crippen LogP contribution in [-0.4, -0.2) is 49.7 Å². The summed E-state index contributed by atoms with van der Waals surface area (Å²) in [5, 5.41) is 8.91. The van der Waals surface area contributed by atoms with Gasteiger partial charge in [-0.2, -0.15) is 9.65 Å². The summed E-state index contributed by atoms with van der Waals surface area (Å²) in [6.45, 7) is 0.894. The fourth-order valence-electron chi connectivity index (χ4n) is 4.95. The first-order valence-electron chi connectivity index (χ1n) is 11.1. The maximum absolute atomic E-state index is 15.0. The van der Waals surface area contributed by atoms with Crippen LogP contribution in [0, 0.1) is 23.2 Å². The van der Waals surface area contributed by atoms with Gasteiger partial charge in [0.15, 0.2) is 5.17 Å². The van der Waals surface area contributed by atoms with Crippen LogP contribution in [0.2, 0.25) is 0 Å². The molecule has 1 saturated carbocycles. The Hall–Kier alpha value is -3.46. The van der Waals surface area contributed by atoms with Gasteiger partial charge in [-0.05, 0) is 43.2 Å². The van der Waals surface area contributed by atoms with Crippen molar-refractivity contribution in [3.63, 3.8) is 0 Å². The van der Waals surface area contributed by atoms with Gasteiger partial charge in [-0.25, -0.2) is 18.2 Å². The van der Waals surface area contributed by atoms with Crippen molar-refractivity contribution in [3.8, 4) is 6.07 Å². The smallest absolute Gasteiger partial charge is 0.267 e. The molecule has 186 valence electrons. The Morgan fingerprint density at radius 1 is 1.33 bits per heavy atom. The lowest BCUT2D eigenvalue weighted by atomic mass is 9.86. The van der Waals surface area contributed by atoms with E-state index < -0.39 is 52.8 Å². The van der Waals surface area contributed by atoms with Crippen LogP contribution in [0.1, 0.15) is 42.1 Å². The average Bonchev–Trinajstić information content (AvgIpc) is 3.48. The summed E-state index contributed by atoms with van der Waals surface area (Å²) in [4.78, 5) is 26.5. The topological polar surface area (TPSA) is 108 Å². The highest BCUT2D eigenvalue weighted by Crippen LogP contribution is 2.66. The molecular weight excluding hydrogens is 496 g/mol. The van der Waals surface area contributed by atoms with Crippen molar-refractivity contribution in [2.75, 3.05) is 13.1 Å². The van der Waals surface area contributed by atoms with E-state index in [1.165, 1.54) is 24.4 Å². The Kier molecular flexibility index (Phi) is 5.59. The summed E-state index contributed by atoms with van der Waals surface area (Å²) in [5.74, 6) is -5.48. The molecule has 0 bridgehead atoms. The van der Waals surface area contributed by atoms with Gasteiger partial charge in [0, 0.05) is 36.8 Å². The van der Waals surface area contributed by atoms with Crippen LogP contribution >= 0.6 is 11.8 Å². The Bertz CT molecular complexity index is 1360. The number of hydrogen-bond acceptors (Lipinski definition) is 7. The molecule has 36 heavy (non-hydrogen) atoms. The fourth-order valence-corrected chi connectivity index (χ4v) is 6.40. The fraction of sp³-hybridized carbons (Fsp3) is 0.375. The number of amides is 1. The first-order chi connectivity index (χ1) is 17.0. The number of carbonyl (C=O) groups excluding carboxylic acids is 1. The molecule has 2 fully saturated rings.